The highest BCUT2D eigenvalue weighted by Crippen LogP contribution is 2.36. The number of anilines is 1. The van der Waals surface area contributed by atoms with Crippen LogP contribution in [0.4, 0.5) is 14.5 Å². The predicted octanol–water partition coefficient (Wildman–Crippen LogP) is 2.92. The molecule has 1 aliphatic rings. The van der Waals surface area contributed by atoms with Crippen molar-refractivity contribution in [1.29, 1.82) is 0 Å². The second-order valence-corrected chi connectivity index (χ2v) is 6.22. The number of rotatable bonds is 5. The molecule has 1 aromatic heterocycles. The lowest BCUT2D eigenvalue weighted by atomic mass is 10.2. The van der Waals surface area contributed by atoms with Crippen molar-refractivity contribution in [2.24, 2.45) is 7.05 Å². The van der Waals surface area contributed by atoms with E-state index in [9.17, 15) is 13.6 Å². The van der Waals surface area contributed by atoms with E-state index >= 15 is 0 Å². The fourth-order valence-corrected chi connectivity index (χ4v) is 3.53. The van der Waals surface area contributed by atoms with E-state index in [-0.39, 0.29) is 16.9 Å². The maximum Gasteiger partial charge on any atom is 0.387 e. The molecule has 2 aromatic rings. The van der Waals surface area contributed by atoms with Gasteiger partial charge in [0.05, 0.1) is 10.9 Å². The van der Waals surface area contributed by atoms with Gasteiger partial charge in [-0.2, -0.15) is 8.78 Å². The van der Waals surface area contributed by atoms with Gasteiger partial charge in [0.25, 0.3) is 0 Å². The number of amides is 1. The van der Waals surface area contributed by atoms with Crippen molar-refractivity contribution in [3.63, 3.8) is 0 Å². The second-order valence-electron chi connectivity index (χ2n) is 5.05. The van der Waals surface area contributed by atoms with Crippen LogP contribution in [0.3, 0.4) is 0 Å². The largest absolute Gasteiger partial charge is 0.433 e. The van der Waals surface area contributed by atoms with Crippen molar-refractivity contribution in [3.8, 4) is 5.75 Å². The van der Waals surface area contributed by atoms with Gasteiger partial charge in [-0.1, -0.05) is 23.9 Å². The van der Waals surface area contributed by atoms with E-state index in [0.29, 0.717) is 18.7 Å². The smallest absolute Gasteiger partial charge is 0.387 e. The van der Waals surface area contributed by atoms with E-state index in [1.807, 2.05) is 17.8 Å². The Bertz CT molecular complexity index is 708. The Morgan fingerprint density at radius 1 is 1.39 bits per heavy atom. The Morgan fingerprint density at radius 2 is 2.17 bits per heavy atom. The Morgan fingerprint density at radius 3 is 2.87 bits per heavy atom. The number of thioether (sulfide) groups is 1. The number of hydrogen-bond donors (Lipinski definition) is 0. The number of halogens is 2. The van der Waals surface area contributed by atoms with Gasteiger partial charge in [0, 0.05) is 26.0 Å². The molecule has 1 saturated heterocycles. The molecule has 5 nitrogen and oxygen atoms in total. The molecule has 1 amide bonds. The molecule has 0 aliphatic carbocycles. The second kappa shape index (κ2) is 6.57. The first kappa shape index (κ1) is 15.8. The fraction of sp³-hybridized carbons (Fsp3) is 0.333. The molecule has 23 heavy (non-hydrogen) atoms. The summed E-state index contributed by atoms with van der Waals surface area (Å²) in [6.45, 7) is -2.46. The Labute approximate surface area is 136 Å². The number of aryl methyl sites for hydroxylation is 1. The third-order valence-corrected chi connectivity index (χ3v) is 4.88. The molecule has 1 aliphatic heterocycles. The molecule has 1 fully saturated rings. The molecule has 122 valence electrons. The van der Waals surface area contributed by atoms with Crippen molar-refractivity contribution in [2.75, 3.05) is 11.4 Å². The van der Waals surface area contributed by atoms with Gasteiger partial charge in [-0.15, -0.1) is 0 Å². The molecular formula is C15H15F2N3O2S. The van der Waals surface area contributed by atoms with Crippen molar-refractivity contribution in [3.05, 3.63) is 36.7 Å². The molecule has 1 aromatic carbocycles. The maximum atomic E-state index is 12.6. The summed E-state index contributed by atoms with van der Waals surface area (Å²) in [6.07, 6.45) is 4.11. The average Bonchev–Trinajstić information content (AvgIpc) is 3.07. The van der Waals surface area contributed by atoms with Gasteiger partial charge in [0.2, 0.25) is 5.91 Å². The molecule has 0 N–H and O–H groups in total. The molecule has 0 spiro atoms. The van der Waals surface area contributed by atoms with E-state index in [4.69, 9.17) is 0 Å². The molecule has 2 heterocycles. The lowest BCUT2D eigenvalue weighted by molar-refractivity contribution is -0.116. The van der Waals surface area contributed by atoms with Crippen LogP contribution in [-0.2, 0) is 11.8 Å². The molecule has 1 unspecified atom stereocenters. The lowest BCUT2D eigenvalue weighted by Gasteiger charge is -2.20. The number of ether oxygens (including phenoxy) is 1. The van der Waals surface area contributed by atoms with Gasteiger partial charge in [-0.3, -0.25) is 4.79 Å². The Kier molecular flexibility index (Phi) is 4.51. The molecule has 0 radical (unpaired) electrons. The van der Waals surface area contributed by atoms with Gasteiger partial charge in [-0.25, -0.2) is 4.98 Å². The van der Waals surface area contributed by atoms with Crippen LogP contribution in [0.5, 0.6) is 5.75 Å². The number of nitrogens with zero attached hydrogens (tertiary/aromatic N) is 3. The topological polar surface area (TPSA) is 47.4 Å². The number of aromatic nitrogens is 2. The van der Waals surface area contributed by atoms with Crippen LogP contribution in [0.2, 0.25) is 0 Å². The van der Waals surface area contributed by atoms with Gasteiger partial charge in [0.1, 0.15) is 5.75 Å². The normalized spacial score (nSPS) is 18.0. The maximum absolute atomic E-state index is 12.6. The van der Waals surface area contributed by atoms with Gasteiger partial charge < -0.3 is 14.2 Å². The zero-order chi connectivity index (χ0) is 16.4. The van der Waals surface area contributed by atoms with Crippen LogP contribution in [0.25, 0.3) is 0 Å². The van der Waals surface area contributed by atoms with Crippen LogP contribution in [0.15, 0.2) is 41.8 Å². The van der Waals surface area contributed by atoms with E-state index in [2.05, 4.69) is 9.72 Å². The monoisotopic (exact) mass is 339 g/mol. The van der Waals surface area contributed by atoms with Crippen molar-refractivity contribution in [2.45, 2.75) is 23.4 Å². The van der Waals surface area contributed by atoms with E-state index < -0.39 is 6.61 Å². The van der Waals surface area contributed by atoms with Crippen molar-refractivity contribution < 1.29 is 18.3 Å². The minimum absolute atomic E-state index is 0.0125. The fourth-order valence-electron chi connectivity index (χ4n) is 2.47. The average molecular weight is 339 g/mol. The summed E-state index contributed by atoms with van der Waals surface area (Å²) >= 11 is 1.38. The highest BCUT2D eigenvalue weighted by Gasteiger charge is 2.35. The first-order chi connectivity index (χ1) is 11.1. The summed E-state index contributed by atoms with van der Waals surface area (Å²) in [5.74, 6) is -0.109. The standard InChI is InChI=1S/C15H15F2N3O2S/c1-19-9-7-18-15(19)23-12-6-8-20(13(12)21)10-4-2-3-5-11(10)22-14(16)17/h2-5,7,9,12,14H,6,8H2,1H3. The number of carbonyl (C=O) groups excluding carboxylic acids is 1. The van der Waals surface area contributed by atoms with Gasteiger partial charge >= 0.3 is 6.61 Å². The summed E-state index contributed by atoms with van der Waals surface area (Å²) in [7, 11) is 1.86. The van der Waals surface area contributed by atoms with Crippen LogP contribution < -0.4 is 9.64 Å². The van der Waals surface area contributed by atoms with Crippen LogP contribution >= 0.6 is 11.8 Å². The molecule has 1 atom stereocenters. The molecular weight excluding hydrogens is 324 g/mol. The zero-order valence-corrected chi connectivity index (χ0v) is 13.2. The highest BCUT2D eigenvalue weighted by atomic mass is 32.2. The van der Waals surface area contributed by atoms with E-state index in [0.717, 1.165) is 5.16 Å². The third-order valence-electron chi connectivity index (χ3n) is 3.55. The summed E-state index contributed by atoms with van der Waals surface area (Å²) in [5, 5.41) is 0.470. The van der Waals surface area contributed by atoms with Crippen molar-refractivity contribution in [1.82, 2.24) is 9.55 Å². The first-order valence-electron chi connectivity index (χ1n) is 7.05. The summed E-state index contributed by atoms with van der Waals surface area (Å²) in [5.41, 5.74) is 0.376. The Hall–Kier alpha value is -2.09. The summed E-state index contributed by atoms with van der Waals surface area (Å²) in [4.78, 5) is 18.3. The highest BCUT2D eigenvalue weighted by molar-refractivity contribution is 8.00. The van der Waals surface area contributed by atoms with Crippen LogP contribution in [0, 0.1) is 0 Å². The zero-order valence-electron chi connectivity index (χ0n) is 12.4. The SMILES string of the molecule is Cn1ccnc1SC1CCN(c2ccccc2OC(F)F)C1=O. The van der Waals surface area contributed by atoms with Crippen LogP contribution in [-0.4, -0.2) is 33.9 Å². The molecule has 8 heteroatoms. The van der Waals surface area contributed by atoms with Gasteiger partial charge in [-0.05, 0) is 18.6 Å². The summed E-state index contributed by atoms with van der Waals surface area (Å²) in [6, 6.07) is 6.35. The number of hydrogen-bond acceptors (Lipinski definition) is 4. The minimum Gasteiger partial charge on any atom is -0.433 e. The minimum atomic E-state index is -2.92. The van der Waals surface area contributed by atoms with Crippen molar-refractivity contribution >= 4 is 23.4 Å². The number of alkyl halides is 2. The summed E-state index contributed by atoms with van der Waals surface area (Å²) < 4.78 is 31.4. The predicted molar refractivity (Wildman–Crippen MR) is 82.9 cm³/mol. The first-order valence-corrected chi connectivity index (χ1v) is 7.93. The third kappa shape index (κ3) is 3.31. The van der Waals surface area contributed by atoms with Gasteiger partial charge in [0.15, 0.2) is 5.16 Å². The molecule has 0 bridgehead atoms. The van der Waals surface area contributed by atoms with Crippen LogP contribution in [0.1, 0.15) is 6.42 Å². The molecule has 0 saturated carbocycles. The number of para-hydroxylation sites is 2. The molecule has 3 rings (SSSR count). The quantitative estimate of drug-likeness (QED) is 0.840. The Balaban J connectivity index is 1.78. The number of benzene rings is 1. The van der Waals surface area contributed by atoms with E-state index in [1.165, 1.54) is 22.7 Å². The lowest BCUT2D eigenvalue weighted by Crippen LogP contribution is -2.28. The van der Waals surface area contributed by atoms with E-state index in [1.54, 1.807) is 24.4 Å². The number of carbonyl (C=O) groups is 1. The number of imidazole rings is 1.